The van der Waals surface area contributed by atoms with Crippen molar-refractivity contribution in [2.75, 3.05) is 27.2 Å². The number of quaternary nitrogens is 1. The van der Waals surface area contributed by atoms with E-state index in [0.29, 0.717) is 0 Å². The van der Waals surface area contributed by atoms with E-state index in [1.165, 1.54) is 37.9 Å². The van der Waals surface area contributed by atoms with Gasteiger partial charge in [0.25, 0.3) is 0 Å². The number of hydrogen-bond acceptors (Lipinski definition) is 1. The van der Waals surface area contributed by atoms with Crippen molar-refractivity contribution in [3.63, 3.8) is 0 Å². The minimum atomic E-state index is 1.01. The molecular formula is C14H21BrNO+. The van der Waals surface area contributed by atoms with E-state index >= 15 is 0 Å². The van der Waals surface area contributed by atoms with Crippen molar-refractivity contribution in [2.24, 2.45) is 0 Å². The van der Waals surface area contributed by atoms with Crippen LogP contribution in [-0.2, 0) is 6.54 Å². The Kier molecular flexibility index (Phi) is 4.10. The first kappa shape index (κ1) is 12.9. The first-order chi connectivity index (χ1) is 8.13. The molecule has 0 atom stereocenters. The van der Waals surface area contributed by atoms with Crippen LogP contribution in [0.4, 0.5) is 0 Å². The lowest BCUT2D eigenvalue weighted by Crippen LogP contribution is -2.47. The minimum absolute atomic E-state index is 1.01. The van der Waals surface area contributed by atoms with Crippen LogP contribution >= 0.6 is 15.9 Å². The fourth-order valence-corrected chi connectivity index (χ4v) is 3.12. The number of benzene rings is 1. The summed E-state index contributed by atoms with van der Waals surface area (Å²) in [6.45, 7) is 3.65. The highest BCUT2D eigenvalue weighted by molar-refractivity contribution is 9.10. The predicted octanol–water partition coefficient (Wildman–Crippen LogP) is 3.59. The maximum atomic E-state index is 5.46. The molecule has 0 saturated carbocycles. The zero-order valence-corrected chi connectivity index (χ0v) is 12.3. The van der Waals surface area contributed by atoms with Gasteiger partial charge in [-0.15, -0.1) is 0 Å². The Morgan fingerprint density at radius 2 is 1.94 bits per heavy atom. The maximum Gasteiger partial charge on any atom is 0.127 e. The second-order valence-electron chi connectivity index (χ2n) is 5.24. The largest absolute Gasteiger partial charge is 0.496 e. The van der Waals surface area contributed by atoms with Gasteiger partial charge in [0.15, 0.2) is 0 Å². The molecule has 1 fully saturated rings. The van der Waals surface area contributed by atoms with E-state index in [9.17, 15) is 0 Å². The topological polar surface area (TPSA) is 9.23 Å². The zero-order valence-electron chi connectivity index (χ0n) is 10.7. The highest BCUT2D eigenvalue weighted by Crippen LogP contribution is 2.28. The van der Waals surface area contributed by atoms with Gasteiger partial charge in [0.2, 0.25) is 0 Å². The van der Waals surface area contributed by atoms with Crippen LogP contribution in [0.15, 0.2) is 22.7 Å². The maximum absolute atomic E-state index is 5.46. The molecule has 1 aromatic rings. The first-order valence-electron chi connectivity index (χ1n) is 6.29. The average Bonchev–Trinajstić information content (AvgIpc) is 2.29. The standard InChI is InChI=1S/C14H21BrNO/c1-16(8-4-3-5-9-16)11-12-10-13(15)6-7-14(12)17-2/h6-7,10H,3-5,8-9,11H2,1-2H3/q+1. The third-order valence-electron chi connectivity index (χ3n) is 3.69. The highest BCUT2D eigenvalue weighted by Gasteiger charge is 2.26. The Bertz CT molecular complexity index is 386. The fraction of sp³-hybridized carbons (Fsp3) is 0.571. The normalized spacial score (nSPS) is 19.0. The number of piperidine rings is 1. The van der Waals surface area contributed by atoms with Crippen LogP contribution in [0.2, 0.25) is 0 Å². The first-order valence-corrected chi connectivity index (χ1v) is 7.08. The summed E-state index contributed by atoms with van der Waals surface area (Å²) in [5, 5.41) is 0. The Balaban J connectivity index is 2.19. The van der Waals surface area contributed by atoms with Crippen LogP contribution in [-0.4, -0.2) is 31.7 Å². The quantitative estimate of drug-likeness (QED) is 0.775. The van der Waals surface area contributed by atoms with E-state index in [2.05, 4.69) is 35.1 Å². The van der Waals surface area contributed by atoms with Crippen LogP contribution in [0.25, 0.3) is 0 Å². The lowest BCUT2D eigenvalue weighted by atomic mass is 10.1. The Hall–Kier alpha value is -0.540. The summed E-state index contributed by atoms with van der Waals surface area (Å²) in [7, 11) is 4.11. The summed E-state index contributed by atoms with van der Waals surface area (Å²) in [6.07, 6.45) is 4.10. The van der Waals surface area contributed by atoms with Gasteiger partial charge < -0.3 is 9.22 Å². The number of likely N-dealkylation sites (tertiary alicyclic amines) is 1. The summed E-state index contributed by atoms with van der Waals surface area (Å²) in [5.41, 5.74) is 1.31. The third kappa shape index (κ3) is 3.23. The molecule has 0 amide bonds. The number of ether oxygens (including phenoxy) is 1. The van der Waals surface area contributed by atoms with Crippen LogP contribution in [0, 0.1) is 0 Å². The van der Waals surface area contributed by atoms with Gasteiger partial charge in [-0.05, 0) is 37.5 Å². The molecule has 3 heteroatoms. The number of methoxy groups -OCH3 is 1. The third-order valence-corrected chi connectivity index (χ3v) is 4.18. The van der Waals surface area contributed by atoms with E-state index in [1.807, 2.05) is 6.07 Å². The van der Waals surface area contributed by atoms with Crippen molar-refractivity contribution in [1.82, 2.24) is 0 Å². The Morgan fingerprint density at radius 3 is 2.59 bits per heavy atom. The van der Waals surface area contributed by atoms with E-state index in [4.69, 9.17) is 4.74 Å². The molecule has 1 saturated heterocycles. The van der Waals surface area contributed by atoms with Gasteiger partial charge in [0, 0.05) is 10.0 Å². The van der Waals surface area contributed by atoms with Gasteiger partial charge >= 0.3 is 0 Å². The van der Waals surface area contributed by atoms with Gasteiger partial charge in [-0.3, -0.25) is 0 Å². The molecule has 2 rings (SSSR count). The van der Waals surface area contributed by atoms with Crippen molar-refractivity contribution in [2.45, 2.75) is 25.8 Å². The van der Waals surface area contributed by atoms with E-state index in [0.717, 1.165) is 21.3 Å². The molecular weight excluding hydrogens is 278 g/mol. The number of halogens is 1. The second kappa shape index (κ2) is 5.40. The summed E-state index contributed by atoms with van der Waals surface area (Å²) < 4.78 is 7.74. The molecule has 0 aromatic heterocycles. The van der Waals surface area contributed by atoms with Gasteiger partial charge in [0.05, 0.1) is 27.2 Å². The Morgan fingerprint density at radius 1 is 1.24 bits per heavy atom. The van der Waals surface area contributed by atoms with Crippen molar-refractivity contribution in [1.29, 1.82) is 0 Å². The summed E-state index contributed by atoms with van der Waals surface area (Å²) in [4.78, 5) is 0. The average molecular weight is 299 g/mol. The molecule has 1 heterocycles. The van der Waals surface area contributed by atoms with Crippen LogP contribution in [0.1, 0.15) is 24.8 Å². The Labute approximate surface area is 112 Å². The minimum Gasteiger partial charge on any atom is -0.496 e. The molecule has 17 heavy (non-hydrogen) atoms. The van der Waals surface area contributed by atoms with Gasteiger partial charge in [-0.2, -0.15) is 0 Å². The van der Waals surface area contributed by atoms with E-state index in [1.54, 1.807) is 7.11 Å². The SMILES string of the molecule is COc1ccc(Br)cc1C[N+]1(C)CCCCC1. The molecule has 0 radical (unpaired) electrons. The van der Waals surface area contributed by atoms with Crippen LogP contribution in [0.3, 0.4) is 0 Å². The predicted molar refractivity (Wildman–Crippen MR) is 74.2 cm³/mol. The fourth-order valence-electron chi connectivity index (χ4n) is 2.72. The highest BCUT2D eigenvalue weighted by atomic mass is 79.9. The molecule has 94 valence electrons. The molecule has 2 nitrogen and oxygen atoms in total. The molecule has 0 spiro atoms. The summed E-state index contributed by atoms with van der Waals surface area (Å²) in [6, 6.07) is 6.28. The van der Waals surface area contributed by atoms with E-state index < -0.39 is 0 Å². The number of nitrogens with zero attached hydrogens (tertiary/aromatic N) is 1. The van der Waals surface area contributed by atoms with Crippen molar-refractivity contribution in [3.05, 3.63) is 28.2 Å². The second-order valence-corrected chi connectivity index (χ2v) is 6.16. The van der Waals surface area contributed by atoms with Crippen molar-refractivity contribution < 1.29 is 9.22 Å². The molecule has 0 N–H and O–H groups in total. The van der Waals surface area contributed by atoms with Crippen molar-refractivity contribution >= 4 is 15.9 Å². The van der Waals surface area contributed by atoms with Crippen LogP contribution in [0.5, 0.6) is 5.75 Å². The zero-order chi connectivity index (χ0) is 12.3. The molecule has 0 unspecified atom stereocenters. The molecule has 0 bridgehead atoms. The molecule has 0 aliphatic carbocycles. The summed E-state index contributed by atoms with van der Waals surface area (Å²) >= 11 is 3.55. The number of rotatable bonds is 3. The lowest BCUT2D eigenvalue weighted by Gasteiger charge is -2.38. The molecule has 1 aliphatic rings. The smallest absolute Gasteiger partial charge is 0.127 e. The van der Waals surface area contributed by atoms with Gasteiger partial charge in [-0.1, -0.05) is 15.9 Å². The van der Waals surface area contributed by atoms with E-state index in [-0.39, 0.29) is 0 Å². The van der Waals surface area contributed by atoms with Gasteiger partial charge in [0.1, 0.15) is 12.3 Å². The van der Waals surface area contributed by atoms with Gasteiger partial charge in [-0.25, -0.2) is 0 Å². The number of hydrogen-bond donors (Lipinski definition) is 0. The molecule has 1 aliphatic heterocycles. The lowest BCUT2D eigenvalue weighted by molar-refractivity contribution is -0.926. The molecule has 1 aromatic carbocycles. The van der Waals surface area contributed by atoms with Crippen molar-refractivity contribution in [3.8, 4) is 5.75 Å². The summed E-state index contributed by atoms with van der Waals surface area (Å²) in [5.74, 6) is 1.01. The monoisotopic (exact) mass is 298 g/mol. The van der Waals surface area contributed by atoms with Crippen LogP contribution < -0.4 is 4.74 Å².